The van der Waals surface area contributed by atoms with Gasteiger partial charge in [-0.2, -0.15) is 11.8 Å². The largest absolute Gasteiger partial charge is 0.356 e. The first-order valence-corrected chi connectivity index (χ1v) is 9.66. The minimum atomic E-state index is 0. The number of pyridine rings is 1. The predicted octanol–water partition coefficient (Wildman–Crippen LogP) is 4.17. The number of hydrogen-bond donors (Lipinski definition) is 2. The third-order valence-corrected chi connectivity index (χ3v) is 4.34. The molecule has 0 aliphatic heterocycles. The number of thioether (sulfide) groups is 1. The number of nitrogens with one attached hydrogen (secondary N) is 2. The molecule has 0 aliphatic carbocycles. The zero-order valence-corrected chi connectivity index (χ0v) is 18.0. The minimum absolute atomic E-state index is 0. The van der Waals surface area contributed by atoms with Crippen LogP contribution >= 0.6 is 35.7 Å². The summed E-state index contributed by atoms with van der Waals surface area (Å²) >= 11 is 1.89. The zero-order valence-electron chi connectivity index (χ0n) is 14.9. The molecule has 1 aromatic carbocycles. The lowest BCUT2D eigenvalue weighted by Crippen LogP contribution is -2.37. The van der Waals surface area contributed by atoms with E-state index in [1.807, 2.05) is 43.2 Å². The van der Waals surface area contributed by atoms with Crippen LogP contribution in [-0.4, -0.2) is 36.5 Å². The van der Waals surface area contributed by atoms with E-state index in [9.17, 15) is 0 Å². The van der Waals surface area contributed by atoms with Crippen LogP contribution in [0.2, 0.25) is 0 Å². The van der Waals surface area contributed by atoms with Crippen LogP contribution in [0.3, 0.4) is 0 Å². The zero-order chi connectivity index (χ0) is 17.0. The number of aliphatic imine (C=N–C) groups is 1. The molecule has 0 spiro atoms. The molecular formula is C19H27IN4S. The summed E-state index contributed by atoms with van der Waals surface area (Å²) < 4.78 is 0. The molecule has 0 fully saturated rings. The number of rotatable bonds is 8. The van der Waals surface area contributed by atoms with E-state index in [0.29, 0.717) is 0 Å². The van der Waals surface area contributed by atoms with E-state index in [4.69, 9.17) is 0 Å². The lowest BCUT2D eigenvalue weighted by Gasteiger charge is -2.12. The van der Waals surface area contributed by atoms with Gasteiger partial charge in [-0.15, -0.1) is 24.0 Å². The number of benzene rings is 1. The monoisotopic (exact) mass is 470 g/mol. The van der Waals surface area contributed by atoms with Crippen LogP contribution in [0.4, 0.5) is 0 Å². The Bertz CT molecular complexity index is 634. The molecule has 6 heteroatoms. The first-order chi connectivity index (χ1) is 11.8. The molecule has 0 amide bonds. The molecule has 0 saturated heterocycles. The summed E-state index contributed by atoms with van der Waals surface area (Å²) in [7, 11) is 1.81. The van der Waals surface area contributed by atoms with E-state index in [0.717, 1.165) is 36.7 Å². The van der Waals surface area contributed by atoms with E-state index in [2.05, 4.69) is 51.1 Å². The molecule has 0 bridgehead atoms. The molecule has 25 heavy (non-hydrogen) atoms. The number of aromatic nitrogens is 1. The van der Waals surface area contributed by atoms with Gasteiger partial charge in [0.2, 0.25) is 0 Å². The van der Waals surface area contributed by atoms with Gasteiger partial charge >= 0.3 is 0 Å². The van der Waals surface area contributed by atoms with Crippen molar-refractivity contribution < 1.29 is 0 Å². The second-order valence-electron chi connectivity index (χ2n) is 5.47. The van der Waals surface area contributed by atoms with Crippen LogP contribution in [0.25, 0.3) is 11.3 Å². The maximum Gasteiger partial charge on any atom is 0.191 e. The number of hydrogen-bond acceptors (Lipinski definition) is 3. The maximum atomic E-state index is 4.41. The molecule has 2 rings (SSSR count). The topological polar surface area (TPSA) is 49.3 Å². The van der Waals surface area contributed by atoms with Crippen molar-refractivity contribution in [1.29, 1.82) is 0 Å². The standard InChI is InChI=1S/C19H26N4S.HI/c1-20-19(22-12-5-6-13-24-2)23-15-16-8-7-9-17(14-16)18-10-3-4-11-21-18;/h3-4,7-11,14H,5-6,12-13,15H2,1-2H3,(H2,20,22,23);1H. The van der Waals surface area contributed by atoms with Crippen LogP contribution in [0, 0.1) is 0 Å². The molecule has 0 unspecified atom stereocenters. The van der Waals surface area contributed by atoms with Crippen molar-refractivity contribution >= 4 is 41.7 Å². The van der Waals surface area contributed by atoms with Gasteiger partial charge in [-0.1, -0.05) is 24.3 Å². The van der Waals surface area contributed by atoms with Crippen LogP contribution < -0.4 is 10.6 Å². The smallest absolute Gasteiger partial charge is 0.191 e. The van der Waals surface area contributed by atoms with Crippen molar-refractivity contribution in [3.8, 4) is 11.3 Å². The van der Waals surface area contributed by atoms with Gasteiger partial charge < -0.3 is 10.6 Å². The Labute approximate surface area is 172 Å². The van der Waals surface area contributed by atoms with Crippen molar-refractivity contribution in [3.63, 3.8) is 0 Å². The fraction of sp³-hybridized carbons (Fsp3) is 0.368. The third kappa shape index (κ3) is 8.09. The molecule has 2 N–H and O–H groups in total. The van der Waals surface area contributed by atoms with Gasteiger partial charge in [0.1, 0.15) is 0 Å². The Kier molecular flexibility index (Phi) is 11.3. The van der Waals surface area contributed by atoms with Crippen LogP contribution in [0.5, 0.6) is 0 Å². The molecule has 2 aromatic rings. The number of halogens is 1. The van der Waals surface area contributed by atoms with Crippen LogP contribution in [-0.2, 0) is 6.54 Å². The average Bonchev–Trinajstić information content (AvgIpc) is 2.65. The predicted molar refractivity (Wildman–Crippen MR) is 121 cm³/mol. The van der Waals surface area contributed by atoms with E-state index in [-0.39, 0.29) is 24.0 Å². The van der Waals surface area contributed by atoms with Gasteiger partial charge in [0.05, 0.1) is 5.69 Å². The van der Waals surface area contributed by atoms with E-state index >= 15 is 0 Å². The number of guanidine groups is 1. The highest BCUT2D eigenvalue weighted by atomic mass is 127. The van der Waals surface area contributed by atoms with Crippen molar-refractivity contribution in [2.24, 2.45) is 4.99 Å². The molecule has 4 nitrogen and oxygen atoms in total. The highest BCUT2D eigenvalue weighted by molar-refractivity contribution is 14.0. The highest BCUT2D eigenvalue weighted by Crippen LogP contribution is 2.17. The normalized spacial score (nSPS) is 10.9. The van der Waals surface area contributed by atoms with E-state index in [1.165, 1.54) is 17.7 Å². The minimum Gasteiger partial charge on any atom is -0.356 e. The second kappa shape index (κ2) is 13.0. The third-order valence-electron chi connectivity index (χ3n) is 3.64. The van der Waals surface area contributed by atoms with Crippen LogP contribution in [0.15, 0.2) is 53.7 Å². The molecule has 0 radical (unpaired) electrons. The van der Waals surface area contributed by atoms with E-state index in [1.54, 1.807) is 0 Å². The molecule has 136 valence electrons. The summed E-state index contributed by atoms with van der Waals surface area (Å²) in [5, 5.41) is 6.73. The van der Waals surface area contributed by atoms with Crippen LogP contribution in [0.1, 0.15) is 18.4 Å². The Morgan fingerprint density at radius 3 is 2.72 bits per heavy atom. The fourth-order valence-electron chi connectivity index (χ4n) is 2.36. The lowest BCUT2D eigenvalue weighted by molar-refractivity contribution is 0.733. The summed E-state index contributed by atoms with van der Waals surface area (Å²) in [6.45, 7) is 1.69. The Morgan fingerprint density at radius 1 is 1.12 bits per heavy atom. The SMILES string of the molecule is CN=C(NCCCCSC)NCc1cccc(-c2ccccn2)c1.I. The number of nitrogens with zero attached hydrogens (tertiary/aromatic N) is 2. The highest BCUT2D eigenvalue weighted by Gasteiger charge is 2.02. The van der Waals surface area contributed by atoms with E-state index < -0.39 is 0 Å². The Hall–Kier alpha value is -1.28. The summed E-state index contributed by atoms with van der Waals surface area (Å²) in [5.41, 5.74) is 3.34. The molecule has 1 aromatic heterocycles. The van der Waals surface area contributed by atoms with Crippen molar-refractivity contribution in [1.82, 2.24) is 15.6 Å². The van der Waals surface area contributed by atoms with Gasteiger partial charge in [-0.3, -0.25) is 9.98 Å². The van der Waals surface area contributed by atoms with Gasteiger partial charge in [0, 0.05) is 31.9 Å². The first kappa shape index (κ1) is 21.8. The molecule has 0 atom stereocenters. The molecular weight excluding hydrogens is 443 g/mol. The fourth-order valence-corrected chi connectivity index (χ4v) is 2.85. The van der Waals surface area contributed by atoms with Crippen molar-refractivity contribution in [2.45, 2.75) is 19.4 Å². The lowest BCUT2D eigenvalue weighted by atomic mass is 10.1. The quantitative estimate of drug-likeness (QED) is 0.263. The van der Waals surface area contributed by atoms with Gasteiger partial charge in [0.25, 0.3) is 0 Å². The maximum absolute atomic E-state index is 4.41. The first-order valence-electron chi connectivity index (χ1n) is 8.27. The summed E-state index contributed by atoms with van der Waals surface area (Å²) in [6.07, 6.45) is 6.37. The van der Waals surface area contributed by atoms with Gasteiger partial charge in [-0.05, 0) is 48.6 Å². The van der Waals surface area contributed by atoms with Crippen molar-refractivity contribution in [2.75, 3.05) is 25.6 Å². The summed E-state index contributed by atoms with van der Waals surface area (Å²) in [6, 6.07) is 14.4. The molecule has 1 heterocycles. The Balaban J connectivity index is 0.00000312. The molecule has 0 saturated carbocycles. The van der Waals surface area contributed by atoms with Gasteiger partial charge in [-0.25, -0.2) is 0 Å². The van der Waals surface area contributed by atoms with Crippen molar-refractivity contribution in [3.05, 3.63) is 54.2 Å². The summed E-state index contributed by atoms with van der Waals surface area (Å²) in [4.78, 5) is 8.69. The molecule has 0 aliphatic rings. The number of unbranched alkanes of at least 4 members (excludes halogenated alkanes) is 1. The Morgan fingerprint density at radius 2 is 2.00 bits per heavy atom. The average molecular weight is 470 g/mol. The second-order valence-corrected chi connectivity index (χ2v) is 6.45. The summed E-state index contributed by atoms with van der Waals surface area (Å²) in [5.74, 6) is 2.07. The van der Waals surface area contributed by atoms with Gasteiger partial charge in [0.15, 0.2) is 5.96 Å².